The maximum Gasteiger partial charge on any atom is 0.338 e. The van der Waals surface area contributed by atoms with E-state index in [9.17, 15) is 9.59 Å². The third-order valence-corrected chi connectivity index (χ3v) is 8.62. The van der Waals surface area contributed by atoms with Gasteiger partial charge in [-0.25, -0.2) is 9.79 Å². The molecular weight excluding hydrogens is 656 g/mol. The number of rotatable bonds is 9. The van der Waals surface area contributed by atoms with Crippen molar-refractivity contribution in [2.24, 2.45) is 4.99 Å². The molecular formula is C32H28BrClN2O6S. The van der Waals surface area contributed by atoms with E-state index in [0.29, 0.717) is 54.0 Å². The number of thiazole rings is 1. The molecule has 0 radical (unpaired) electrons. The van der Waals surface area contributed by atoms with Crippen LogP contribution in [0, 0.1) is 0 Å². The highest BCUT2D eigenvalue weighted by Crippen LogP contribution is 2.37. The van der Waals surface area contributed by atoms with E-state index in [0.717, 1.165) is 16.7 Å². The van der Waals surface area contributed by atoms with Crippen LogP contribution in [0.25, 0.3) is 6.08 Å². The first-order valence-corrected chi connectivity index (χ1v) is 15.3. The van der Waals surface area contributed by atoms with Crippen molar-refractivity contribution < 1.29 is 23.7 Å². The standard InChI is InChI=1S/C32H28BrClN2O6S/c1-5-41-31(38)27-18(2)35-32-36(28(27)21-8-12-23(39-3)13-9-21)30(37)26(43-32)16-20-14-24(33)29(25(15-20)40-4)42-17-19-6-10-22(34)11-7-19/h6-16,28H,5,17H2,1-4H3/b26-16-. The number of benzene rings is 3. The van der Waals surface area contributed by atoms with Crippen molar-refractivity contribution in [3.05, 3.63) is 118 Å². The number of hydrogen-bond acceptors (Lipinski definition) is 8. The number of ether oxygens (including phenoxy) is 4. The lowest BCUT2D eigenvalue weighted by Gasteiger charge is -2.24. The van der Waals surface area contributed by atoms with E-state index in [-0.39, 0.29) is 12.2 Å². The van der Waals surface area contributed by atoms with Gasteiger partial charge in [-0.2, -0.15) is 0 Å². The van der Waals surface area contributed by atoms with Crippen LogP contribution in [0.1, 0.15) is 36.6 Å². The molecule has 2 heterocycles. The molecule has 0 fully saturated rings. The van der Waals surface area contributed by atoms with Gasteiger partial charge in [0.2, 0.25) is 0 Å². The number of methoxy groups -OCH3 is 2. The molecule has 0 saturated heterocycles. The lowest BCUT2D eigenvalue weighted by atomic mass is 9.96. The highest BCUT2D eigenvalue weighted by atomic mass is 79.9. The predicted octanol–water partition coefficient (Wildman–Crippen LogP) is 5.81. The lowest BCUT2D eigenvalue weighted by molar-refractivity contribution is -0.139. The Morgan fingerprint density at radius 1 is 1.09 bits per heavy atom. The van der Waals surface area contributed by atoms with Crippen molar-refractivity contribution in [3.8, 4) is 17.2 Å². The Hall–Kier alpha value is -3.86. The molecule has 222 valence electrons. The van der Waals surface area contributed by atoms with Crippen molar-refractivity contribution in [1.82, 2.24) is 4.57 Å². The highest BCUT2D eigenvalue weighted by Gasteiger charge is 2.33. The van der Waals surface area contributed by atoms with Gasteiger partial charge in [-0.3, -0.25) is 9.36 Å². The molecule has 1 unspecified atom stereocenters. The summed E-state index contributed by atoms with van der Waals surface area (Å²) in [6.07, 6.45) is 1.77. The molecule has 3 aromatic carbocycles. The summed E-state index contributed by atoms with van der Waals surface area (Å²) in [4.78, 5) is 32.2. The monoisotopic (exact) mass is 682 g/mol. The first kappa shape index (κ1) is 30.6. The second-order valence-corrected chi connectivity index (χ2v) is 11.8. The fraction of sp³-hybridized carbons (Fsp3) is 0.219. The topological polar surface area (TPSA) is 88.4 Å². The van der Waals surface area contributed by atoms with Crippen LogP contribution < -0.4 is 29.1 Å². The molecule has 1 aromatic heterocycles. The Balaban J connectivity index is 1.56. The first-order chi connectivity index (χ1) is 20.7. The molecule has 1 aliphatic rings. The lowest BCUT2D eigenvalue weighted by Crippen LogP contribution is -2.39. The Bertz CT molecular complexity index is 1880. The summed E-state index contributed by atoms with van der Waals surface area (Å²) in [6.45, 7) is 4.01. The second kappa shape index (κ2) is 13.2. The Morgan fingerprint density at radius 2 is 1.81 bits per heavy atom. The molecule has 0 amide bonds. The van der Waals surface area contributed by atoms with E-state index in [1.54, 1.807) is 56.9 Å². The summed E-state index contributed by atoms with van der Waals surface area (Å²) >= 11 is 10.8. The predicted molar refractivity (Wildman–Crippen MR) is 170 cm³/mol. The molecule has 5 rings (SSSR count). The highest BCUT2D eigenvalue weighted by molar-refractivity contribution is 9.10. The first-order valence-electron chi connectivity index (χ1n) is 13.3. The normalized spacial score (nSPS) is 14.7. The van der Waals surface area contributed by atoms with Crippen LogP contribution in [0.15, 0.2) is 86.2 Å². The third kappa shape index (κ3) is 6.41. The fourth-order valence-corrected chi connectivity index (χ4v) is 6.49. The smallest absolute Gasteiger partial charge is 0.338 e. The van der Waals surface area contributed by atoms with Gasteiger partial charge in [-0.05, 0) is 88.9 Å². The van der Waals surface area contributed by atoms with Crippen LogP contribution in [-0.4, -0.2) is 31.4 Å². The quantitative estimate of drug-likeness (QED) is 0.207. The minimum atomic E-state index is -0.715. The van der Waals surface area contributed by atoms with Crippen LogP contribution in [0.5, 0.6) is 17.2 Å². The van der Waals surface area contributed by atoms with Crippen LogP contribution in [0.3, 0.4) is 0 Å². The van der Waals surface area contributed by atoms with E-state index < -0.39 is 12.0 Å². The maximum atomic E-state index is 14.0. The average Bonchev–Trinajstić information content (AvgIpc) is 3.30. The van der Waals surface area contributed by atoms with Crippen LogP contribution >= 0.6 is 38.9 Å². The van der Waals surface area contributed by atoms with Gasteiger partial charge >= 0.3 is 5.97 Å². The Kier molecular flexibility index (Phi) is 9.39. The Labute approximate surface area is 265 Å². The van der Waals surface area contributed by atoms with Crippen molar-refractivity contribution in [1.29, 1.82) is 0 Å². The molecule has 0 saturated carbocycles. The second-order valence-electron chi connectivity index (χ2n) is 9.52. The van der Waals surface area contributed by atoms with E-state index in [4.69, 9.17) is 30.5 Å². The summed E-state index contributed by atoms with van der Waals surface area (Å²) in [5.74, 6) is 1.18. The summed E-state index contributed by atoms with van der Waals surface area (Å²) in [6, 6.07) is 17.6. The number of carbonyl (C=O) groups is 1. The minimum absolute atomic E-state index is 0.200. The summed E-state index contributed by atoms with van der Waals surface area (Å²) in [5.41, 5.74) is 2.94. The minimum Gasteiger partial charge on any atom is -0.497 e. The number of halogens is 2. The number of fused-ring (bicyclic) bond motifs is 1. The van der Waals surface area contributed by atoms with Crippen LogP contribution in [-0.2, 0) is 16.1 Å². The number of carbonyl (C=O) groups excluding carboxylic acids is 1. The van der Waals surface area contributed by atoms with Crippen LogP contribution in [0.2, 0.25) is 5.02 Å². The van der Waals surface area contributed by atoms with Gasteiger partial charge in [-0.1, -0.05) is 47.2 Å². The number of hydrogen-bond donors (Lipinski definition) is 0. The molecule has 4 aromatic rings. The summed E-state index contributed by atoms with van der Waals surface area (Å²) < 4.78 is 25.0. The van der Waals surface area contributed by atoms with Crippen LogP contribution in [0.4, 0.5) is 0 Å². The molecule has 8 nitrogen and oxygen atoms in total. The molecule has 1 atom stereocenters. The number of nitrogens with zero attached hydrogens (tertiary/aromatic N) is 2. The fourth-order valence-electron chi connectivity index (χ4n) is 4.74. The van der Waals surface area contributed by atoms with E-state index in [1.165, 1.54) is 11.3 Å². The molecule has 43 heavy (non-hydrogen) atoms. The van der Waals surface area contributed by atoms with Gasteiger partial charge < -0.3 is 18.9 Å². The van der Waals surface area contributed by atoms with Gasteiger partial charge in [0.05, 0.1) is 47.1 Å². The zero-order valence-electron chi connectivity index (χ0n) is 23.9. The van der Waals surface area contributed by atoms with Gasteiger partial charge in [0.25, 0.3) is 5.56 Å². The molecule has 0 spiro atoms. The number of allylic oxidation sites excluding steroid dienone is 1. The zero-order valence-corrected chi connectivity index (χ0v) is 27.0. The van der Waals surface area contributed by atoms with Gasteiger partial charge in [0.1, 0.15) is 12.4 Å². The van der Waals surface area contributed by atoms with E-state index in [1.807, 2.05) is 42.5 Å². The van der Waals surface area contributed by atoms with E-state index >= 15 is 0 Å². The van der Waals surface area contributed by atoms with Crippen molar-refractivity contribution in [3.63, 3.8) is 0 Å². The van der Waals surface area contributed by atoms with Crippen molar-refractivity contribution in [2.75, 3.05) is 20.8 Å². The van der Waals surface area contributed by atoms with E-state index in [2.05, 4.69) is 20.9 Å². The number of esters is 1. The molecule has 0 bridgehead atoms. The largest absolute Gasteiger partial charge is 0.497 e. The van der Waals surface area contributed by atoms with Crippen molar-refractivity contribution in [2.45, 2.75) is 26.5 Å². The van der Waals surface area contributed by atoms with Gasteiger partial charge in [-0.15, -0.1) is 0 Å². The number of aromatic nitrogens is 1. The van der Waals surface area contributed by atoms with Gasteiger partial charge in [0.15, 0.2) is 16.3 Å². The summed E-state index contributed by atoms with van der Waals surface area (Å²) in [5, 5.41) is 0.653. The Morgan fingerprint density at radius 3 is 2.47 bits per heavy atom. The molecule has 0 N–H and O–H groups in total. The third-order valence-electron chi connectivity index (χ3n) is 6.79. The molecule has 11 heteroatoms. The SMILES string of the molecule is CCOC(=O)C1=C(C)N=c2s/c(=C\c3cc(Br)c(OCc4ccc(Cl)cc4)c(OC)c3)c(=O)n2C1c1ccc(OC)cc1. The molecule has 0 aliphatic carbocycles. The zero-order chi connectivity index (χ0) is 30.7. The summed E-state index contributed by atoms with van der Waals surface area (Å²) in [7, 11) is 3.14. The average molecular weight is 684 g/mol. The molecule has 1 aliphatic heterocycles. The van der Waals surface area contributed by atoms with Gasteiger partial charge in [0, 0.05) is 5.02 Å². The maximum absolute atomic E-state index is 14.0. The van der Waals surface area contributed by atoms with Crippen molar-refractivity contribution >= 4 is 50.9 Å².